The molecule has 0 radical (unpaired) electrons. The molecule has 2 heterocycles. The summed E-state index contributed by atoms with van der Waals surface area (Å²) in [4.78, 5) is 19.6. The summed E-state index contributed by atoms with van der Waals surface area (Å²) in [7, 11) is 1.53. The van der Waals surface area contributed by atoms with Gasteiger partial charge in [0.2, 0.25) is 5.13 Å². The van der Waals surface area contributed by atoms with Gasteiger partial charge in [-0.3, -0.25) is 10.1 Å². The molecule has 2 N–H and O–H groups in total. The lowest BCUT2D eigenvalue weighted by molar-refractivity contribution is 0.102. The van der Waals surface area contributed by atoms with Crippen LogP contribution >= 0.6 is 11.5 Å². The van der Waals surface area contributed by atoms with E-state index in [0.717, 1.165) is 11.5 Å². The summed E-state index contributed by atoms with van der Waals surface area (Å²) in [5.41, 5.74) is -0.0952. The van der Waals surface area contributed by atoms with Gasteiger partial charge in [0.25, 0.3) is 5.91 Å². The number of hydrogen-bond donors (Lipinski definition) is 2. The normalized spacial score (nSPS) is 10.2. The van der Waals surface area contributed by atoms with Gasteiger partial charge in [-0.2, -0.15) is 4.37 Å². The number of nitrogens with zero attached hydrogens (tertiary/aromatic N) is 3. The monoisotopic (exact) mass is 267 g/mol. The average molecular weight is 267 g/mol. The van der Waals surface area contributed by atoms with Crippen molar-refractivity contribution in [1.29, 1.82) is 0 Å². The molecule has 0 unspecified atom stereocenters. The third-order valence-corrected chi connectivity index (χ3v) is 2.84. The Morgan fingerprint density at radius 2 is 2.28 bits per heavy atom. The van der Waals surface area contributed by atoms with Crippen molar-refractivity contribution in [3.8, 4) is 0 Å². The molecule has 2 aromatic heterocycles. The molecule has 0 saturated carbocycles. The van der Waals surface area contributed by atoms with E-state index < -0.39 is 11.7 Å². The van der Waals surface area contributed by atoms with E-state index in [1.54, 1.807) is 6.92 Å². The molecule has 2 aromatic rings. The standard InChI is InChI=1S/C10H10FN5OS/c1-5-14-10(18-16-5)15-9(17)6-3-4-13-8(12-2)7(6)11/h3-4H,1-2H3,(H,12,13)(H,14,15,16,17). The topological polar surface area (TPSA) is 79.8 Å². The van der Waals surface area contributed by atoms with Crippen LogP contribution in [0.15, 0.2) is 12.3 Å². The van der Waals surface area contributed by atoms with Gasteiger partial charge in [-0.05, 0) is 13.0 Å². The summed E-state index contributed by atoms with van der Waals surface area (Å²) in [6.07, 6.45) is 1.36. The Bertz CT molecular complexity index is 585. The second kappa shape index (κ2) is 5.05. The molecule has 1 amide bonds. The van der Waals surface area contributed by atoms with Crippen LogP contribution in [0, 0.1) is 12.7 Å². The van der Waals surface area contributed by atoms with Gasteiger partial charge in [-0.25, -0.2) is 14.4 Å². The van der Waals surface area contributed by atoms with Crippen molar-refractivity contribution in [3.05, 3.63) is 29.5 Å². The maximum atomic E-state index is 13.8. The molecule has 0 spiro atoms. The summed E-state index contributed by atoms with van der Waals surface area (Å²) in [6.45, 7) is 1.71. The van der Waals surface area contributed by atoms with Crippen molar-refractivity contribution < 1.29 is 9.18 Å². The van der Waals surface area contributed by atoms with E-state index in [-0.39, 0.29) is 11.4 Å². The third kappa shape index (κ3) is 2.43. The Hall–Kier alpha value is -2.09. The van der Waals surface area contributed by atoms with E-state index in [4.69, 9.17) is 0 Å². The fourth-order valence-corrected chi connectivity index (χ4v) is 1.88. The molecule has 0 aliphatic carbocycles. The first-order valence-electron chi connectivity index (χ1n) is 5.05. The zero-order valence-electron chi connectivity index (χ0n) is 9.69. The van der Waals surface area contributed by atoms with E-state index in [1.165, 1.54) is 19.3 Å². The number of pyridine rings is 1. The second-order valence-electron chi connectivity index (χ2n) is 3.37. The van der Waals surface area contributed by atoms with Crippen LogP contribution in [0.2, 0.25) is 0 Å². The molecule has 6 nitrogen and oxygen atoms in total. The van der Waals surface area contributed by atoms with Crippen LogP contribution in [0.5, 0.6) is 0 Å². The lowest BCUT2D eigenvalue weighted by Gasteiger charge is -2.05. The first kappa shape index (κ1) is 12.4. The van der Waals surface area contributed by atoms with Crippen molar-refractivity contribution in [2.45, 2.75) is 6.92 Å². The number of halogens is 1. The Morgan fingerprint density at radius 3 is 2.89 bits per heavy atom. The van der Waals surface area contributed by atoms with Crippen LogP contribution in [-0.2, 0) is 0 Å². The number of amides is 1. The number of aryl methyl sites for hydroxylation is 1. The van der Waals surface area contributed by atoms with Crippen molar-refractivity contribution in [1.82, 2.24) is 14.3 Å². The number of rotatable bonds is 3. The fourth-order valence-electron chi connectivity index (χ4n) is 1.31. The summed E-state index contributed by atoms with van der Waals surface area (Å²) in [5, 5.41) is 5.38. The van der Waals surface area contributed by atoms with E-state index >= 15 is 0 Å². The molecular weight excluding hydrogens is 257 g/mol. The van der Waals surface area contributed by atoms with Gasteiger partial charge < -0.3 is 5.32 Å². The van der Waals surface area contributed by atoms with Gasteiger partial charge in [-0.15, -0.1) is 0 Å². The molecule has 0 aliphatic heterocycles. The molecule has 0 atom stereocenters. The van der Waals surface area contributed by atoms with E-state index in [1.807, 2.05) is 0 Å². The highest BCUT2D eigenvalue weighted by Crippen LogP contribution is 2.17. The molecule has 0 saturated heterocycles. The molecule has 0 aliphatic rings. The van der Waals surface area contributed by atoms with Gasteiger partial charge in [-0.1, -0.05) is 0 Å². The SMILES string of the molecule is CNc1nccc(C(=O)Nc2nc(C)ns2)c1F. The van der Waals surface area contributed by atoms with Gasteiger partial charge in [0, 0.05) is 24.8 Å². The highest BCUT2D eigenvalue weighted by molar-refractivity contribution is 7.09. The summed E-state index contributed by atoms with van der Waals surface area (Å²) >= 11 is 1.04. The van der Waals surface area contributed by atoms with Gasteiger partial charge in [0.15, 0.2) is 11.6 Å². The molecular formula is C10H10FN5OS. The molecule has 0 aromatic carbocycles. The van der Waals surface area contributed by atoms with Gasteiger partial charge in [0.1, 0.15) is 5.82 Å². The number of carbonyl (C=O) groups is 1. The Balaban J connectivity index is 2.24. The van der Waals surface area contributed by atoms with Gasteiger partial charge in [0.05, 0.1) is 5.56 Å². The average Bonchev–Trinajstić information content (AvgIpc) is 2.75. The molecule has 18 heavy (non-hydrogen) atoms. The number of hydrogen-bond acceptors (Lipinski definition) is 6. The van der Waals surface area contributed by atoms with Crippen LogP contribution in [0.4, 0.5) is 15.3 Å². The first-order valence-corrected chi connectivity index (χ1v) is 5.83. The third-order valence-electron chi connectivity index (χ3n) is 2.12. The summed E-state index contributed by atoms with van der Waals surface area (Å²) < 4.78 is 17.7. The minimum Gasteiger partial charge on any atom is -0.371 e. The minimum atomic E-state index is -0.696. The van der Waals surface area contributed by atoms with Crippen LogP contribution in [-0.4, -0.2) is 27.3 Å². The minimum absolute atomic E-state index is 0.0242. The molecule has 0 bridgehead atoms. The van der Waals surface area contributed by atoms with Gasteiger partial charge >= 0.3 is 0 Å². The zero-order valence-corrected chi connectivity index (χ0v) is 10.5. The maximum absolute atomic E-state index is 13.8. The quantitative estimate of drug-likeness (QED) is 0.884. The van der Waals surface area contributed by atoms with Crippen molar-refractivity contribution in [3.63, 3.8) is 0 Å². The predicted octanol–water partition coefficient (Wildman–Crippen LogP) is 1.67. The molecule has 0 fully saturated rings. The number of aromatic nitrogens is 3. The first-order chi connectivity index (χ1) is 8.61. The zero-order chi connectivity index (χ0) is 13.1. The smallest absolute Gasteiger partial charge is 0.260 e. The van der Waals surface area contributed by atoms with Crippen molar-refractivity contribution in [2.24, 2.45) is 0 Å². The van der Waals surface area contributed by atoms with Crippen LogP contribution in [0.3, 0.4) is 0 Å². The highest BCUT2D eigenvalue weighted by Gasteiger charge is 2.16. The number of nitrogens with one attached hydrogen (secondary N) is 2. The van der Waals surface area contributed by atoms with Crippen LogP contribution < -0.4 is 10.6 Å². The Morgan fingerprint density at radius 1 is 1.50 bits per heavy atom. The second-order valence-corrected chi connectivity index (χ2v) is 4.12. The number of carbonyl (C=O) groups excluding carboxylic acids is 1. The lowest BCUT2D eigenvalue weighted by atomic mass is 10.2. The van der Waals surface area contributed by atoms with E-state index in [0.29, 0.717) is 11.0 Å². The van der Waals surface area contributed by atoms with Crippen LogP contribution in [0.1, 0.15) is 16.2 Å². The molecule has 8 heteroatoms. The lowest BCUT2D eigenvalue weighted by Crippen LogP contribution is -2.15. The summed E-state index contributed by atoms with van der Waals surface area (Å²) in [6, 6.07) is 1.30. The highest BCUT2D eigenvalue weighted by atomic mass is 32.1. The number of anilines is 2. The van der Waals surface area contributed by atoms with Crippen LogP contribution in [0.25, 0.3) is 0 Å². The van der Waals surface area contributed by atoms with Crippen molar-refractivity contribution >= 4 is 28.4 Å². The Kier molecular flexibility index (Phi) is 3.47. The Labute approximate surface area is 106 Å². The van der Waals surface area contributed by atoms with E-state index in [2.05, 4.69) is 25.0 Å². The predicted molar refractivity (Wildman–Crippen MR) is 66.3 cm³/mol. The van der Waals surface area contributed by atoms with E-state index in [9.17, 15) is 9.18 Å². The molecule has 2 rings (SSSR count). The van der Waals surface area contributed by atoms with Crippen molar-refractivity contribution in [2.75, 3.05) is 17.7 Å². The fraction of sp³-hybridized carbons (Fsp3) is 0.200. The summed E-state index contributed by atoms with van der Waals surface area (Å²) in [5.74, 6) is -0.696. The maximum Gasteiger partial charge on any atom is 0.260 e. The largest absolute Gasteiger partial charge is 0.371 e. The molecule has 94 valence electrons.